The van der Waals surface area contributed by atoms with Crippen LogP contribution in [0.3, 0.4) is 0 Å². The van der Waals surface area contributed by atoms with Gasteiger partial charge in [-0.15, -0.1) is 0 Å². The molecule has 2 heterocycles. The van der Waals surface area contributed by atoms with Gasteiger partial charge < -0.3 is 0 Å². The molecule has 0 atom stereocenters. The maximum atomic E-state index is 12.4. The van der Waals surface area contributed by atoms with Crippen LogP contribution in [-0.4, -0.2) is 15.9 Å². The van der Waals surface area contributed by atoms with E-state index < -0.39 is 0 Å². The summed E-state index contributed by atoms with van der Waals surface area (Å²) in [5, 5.41) is 2.18. The second-order valence-corrected chi connectivity index (χ2v) is 7.04. The molecule has 0 saturated carbocycles. The molecule has 0 fully saturated rings. The molecule has 0 spiro atoms. The molecule has 0 unspecified atom stereocenters. The molecule has 4 aromatic rings. The number of nitrogens with zero attached hydrogens (tertiary/aromatic N) is 2. The quantitative estimate of drug-likeness (QED) is 0.520. The lowest BCUT2D eigenvalue weighted by Gasteiger charge is -2.06. The van der Waals surface area contributed by atoms with Crippen LogP contribution in [0.15, 0.2) is 48.5 Å². The van der Waals surface area contributed by atoms with Gasteiger partial charge in [0.2, 0.25) is 5.13 Å². The van der Waals surface area contributed by atoms with E-state index in [-0.39, 0.29) is 5.91 Å². The summed E-state index contributed by atoms with van der Waals surface area (Å²) in [5.74, 6) is -0.236. The smallest absolute Gasteiger partial charge is 0.269 e. The van der Waals surface area contributed by atoms with Crippen molar-refractivity contribution in [3.05, 3.63) is 64.8 Å². The predicted molar refractivity (Wildman–Crippen MR) is 102 cm³/mol. The van der Waals surface area contributed by atoms with Crippen molar-refractivity contribution in [2.75, 3.05) is 5.43 Å². The number of hydrazine groups is 1. The van der Waals surface area contributed by atoms with E-state index in [1.165, 1.54) is 11.3 Å². The Morgan fingerprint density at radius 3 is 2.76 bits per heavy atom. The van der Waals surface area contributed by atoms with Crippen molar-refractivity contribution in [3.8, 4) is 0 Å². The van der Waals surface area contributed by atoms with Gasteiger partial charge in [0.15, 0.2) is 0 Å². The zero-order valence-corrected chi connectivity index (χ0v) is 14.8. The topological polar surface area (TPSA) is 66.9 Å². The molecule has 25 heavy (non-hydrogen) atoms. The lowest BCUT2D eigenvalue weighted by atomic mass is 10.1. The maximum absolute atomic E-state index is 12.4. The number of nitrogens with one attached hydrogen (secondary N) is 2. The molecule has 0 aliphatic heterocycles. The Morgan fingerprint density at radius 1 is 1.04 bits per heavy atom. The summed E-state index contributed by atoms with van der Waals surface area (Å²) in [6.07, 6.45) is 0. The van der Waals surface area contributed by atoms with Gasteiger partial charge in [-0.2, -0.15) is 0 Å². The van der Waals surface area contributed by atoms with Crippen molar-refractivity contribution in [3.63, 3.8) is 0 Å². The molecule has 0 aliphatic carbocycles. The minimum Gasteiger partial charge on any atom is -0.273 e. The third-order valence-corrected chi connectivity index (χ3v) is 4.89. The van der Waals surface area contributed by atoms with Crippen LogP contribution < -0.4 is 10.9 Å². The van der Waals surface area contributed by atoms with E-state index >= 15 is 0 Å². The highest BCUT2D eigenvalue weighted by atomic mass is 35.5. The average molecular weight is 369 g/mol. The number of aryl methyl sites for hydroxylation is 1. The summed E-state index contributed by atoms with van der Waals surface area (Å²) in [4.78, 5) is 21.2. The first-order valence-corrected chi connectivity index (χ1v) is 8.78. The van der Waals surface area contributed by atoms with Crippen molar-refractivity contribution in [1.82, 2.24) is 15.4 Å². The monoisotopic (exact) mass is 368 g/mol. The summed E-state index contributed by atoms with van der Waals surface area (Å²) < 4.78 is 0.955. The number of amides is 1. The van der Waals surface area contributed by atoms with Gasteiger partial charge in [0.25, 0.3) is 5.91 Å². The molecule has 1 amide bonds. The Balaban J connectivity index is 1.52. The van der Waals surface area contributed by atoms with Crippen molar-refractivity contribution < 1.29 is 4.79 Å². The molecule has 2 aromatic heterocycles. The Hall–Kier alpha value is -2.70. The van der Waals surface area contributed by atoms with Crippen LogP contribution in [0.5, 0.6) is 0 Å². The molecule has 0 bridgehead atoms. The van der Waals surface area contributed by atoms with Crippen LogP contribution in [0.1, 0.15) is 16.1 Å². The lowest BCUT2D eigenvalue weighted by Crippen LogP contribution is -2.29. The van der Waals surface area contributed by atoms with E-state index in [4.69, 9.17) is 11.6 Å². The number of anilines is 1. The van der Waals surface area contributed by atoms with Crippen molar-refractivity contribution >= 4 is 55.1 Å². The van der Waals surface area contributed by atoms with E-state index in [2.05, 4.69) is 20.8 Å². The number of rotatable bonds is 3. The molecule has 0 radical (unpaired) electrons. The van der Waals surface area contributed by atoms with Crippen LogP contribution >= 0.6 is 22.9 Å². The first kappa shape index (κ1) is 15.8. The zero-order valence-electron chi connectivity index (χ0n) is 13.2. The highest BCUT2D eigenvalue weighted by molar-refractivity contribution is 7.22. The molecule has 2 N–H and O–H groups in total. The SMILES string of the molecule is Cc1ccc2cc(C(=O)NNc3nc4ccc(Cl)cc4s3)ccc2n1. The number of pyridine rings is 1. The number of aromatic nitrogens is 2. The largest absolute Gasteiger partial charge is 0.273 e. The number of carbonyl (C=O) groups excluding carboxylic acids is 1. The molecule has 4 rings (SSSR count). The summed E-state index contributed by atoms with van der Waals surface area (Å²) in [6.45, 7) is 1.94. The van der Waals surface area contributed by atoms with Gasteiger partial charge in [-0.05, 0) is 49.4 Å². The standard InChI is InChI=1S/C18H13ClN4OS/c1-10-2-3-11-8-12(4-6-14(11)20-10)17(24)22-23-18-21-15-7-5-13(19)9-16(15)25-18/h2-9H,1H3,(H,21,23)(H,22,24). The van der Waals surface area contributed by atoms with E-state index in [0.29, 0.717) is 15.7 Å². The van der Waals surface area contributed by atoms with E-state index in [9.17, 15) is 4.79 Å². The van der Waals surface area contributed by atoms with Crippen LogP contribution in [0.2, 0.25) is 5.02 Å². The molecular formula is C18H13ClN4OS. The zero-order chi connectivity index (χ0) is 17.4. The average Bonchev–Trinajstić information content (AvgIpc) is 3.01. The van der Waals surface area contributed by atoms with Crippen molar-refractivity contribution in [2.24, 2.45) is 0 Å². The maximum Gasteiger partial charge on any atom is 0.269 e. The minimum atomic E-state index is -0.236. The minimum absolute atomic E-state index is 0.236. The number of fused-ring (bicyclic) bond motifs is 2. The van der Waals surface area contributed by atoms with Gasteiger partial charge in [-0.3, -0.25) is 20.6 Å². The van der Waals surface area contributed by atoms with Crippen LogP contribution in [-0.2, 0) is 0 Å². The molecular weight excluding hydrogens is 356 g/mol. The second-order valence-electron chi connectivity index (χ2n) is 5.57. The number of halogens is 1. The normalized spacial score (nSPS) is 11.0. The summed E-state index contributed by atoms with van der Waals surface area (Å²) >= 11 is 7.40. The van der Waals surface area contributed by atoms with Crippen LogP contribution in [0.4, 0.5) is 5.13 Å². The Kier molecular flexibility index (Phi) is 3.99. The van der Waals surface area contributed by atoms with Gasteiger partial charge >= 0.3 is 0 Å². The van der Waals surface area contributed by atoms with Crippen LogP contribution in [0, 0.1) is 6.92 Å². The Bertz CT molecular complexity index is 1110. The molecule has 0 saturated heterocycles. The van der Waals surface area contributed by atoms with Crippen LogP contribution in [0.25, 0.3) is 21.1 Å². The number of benzene rings is 2. The third-order valence-electron chi connectivity index (χ3n) is 3.72. The summed E-state index contributed by atoms with van der Waals surface area (Å²) in [5.41, 5.74) is 8.73. The highest BCUT2D eigenvalue weighted by Crippen LogP contribution is 2.27. The molecule has 7 heteroatoms. The fourth-order valence-electron chi connectivity index (χ4n) is 2.50. The first-order valence-electron chi connectivity index (χ1n) is 7.58. The Morgan fingerprint density at radius 2 is 1.88 bits per heavy atom. The number of carbonyl (C=O) groups is 1. The van der Waals surface area contributed by atoms with Crippen molar-refractivity contribution in [2.45, 2.75) is 6.92 Å². The fraction of sp³-hybridized carbons (Fsp3) is 0.0556. The van der Waals surface area contributed by atoms with Gasteiger partial charge in [0.05, 0.1) is 15.7 Å². The number of thiazole rings is 1. The van der Waals surface area contributed by atoms with E-state index in [1.54, 1.807) is 12.1 Å². The number of hydrogen-bond donors (Lipinski definition) is 2. The van der Waals surface area contributed by atoms with Gasteiger partial charge in [-0.1, -0.05) is 29.0 Å². The van der Waals surface area contributed by atoms with E-state index in [1.807, 2.05) is 43.3 Å². The third kappa shape index (κ3) is 3.26. The lowest BCUT2D eigenvalue weighted by molar-refractivity contribution is 0.0963. The van der Waals surface area contributed by atoms with E-state index in [0.717, 1.165) is 26.8 Å². The van der Waals surface area contributed by atoms with Gasteiger partial charge in [0, 0.05) is 21.7 Å². The fourth-order valence-corrected chi connectivity index (χ4v) is 3.60. The van der Waals surface area contributed by atoms with Gasteiger partial charge in [-0.25, -0.2) is 4.98 Å². The molecule has 2 aromatic carbocycles. The predicted octanol–water partition coefficient (Wildman–Crippen LogP) is 4.56. The summed E-state index contributed by atoms with van der Waals surface area (Å²) in [6, 6.07) is 14.8. The van der Waals surface area contributed by atoms with Crippen molar-refractivity contribution in [1.29, 1.82) is 0 Å². The summed E-state index contributed by atoms with van der Waals surface area (Å²) in [7, 11) is 0. The first-order chi connectivity index (χ1) is 12.1. The Labute approximate surface area is 152 Å². The molecule has 0 aliphatic rings. The highest BCUT2D eigenvalue weighted by Gasteiger charge is 2.09. The van der Waals surface area contributed by atoms with Gasteiger partial charge in [0.1, 0.15) is 0 Å². The second kappa shape index (κ2) is 6.31. The molecule has 124 valence electrons. The number of hydrogen-bond acceptors (Lipinski definition) is 5. The molecule has 5 nitrogen and oxygen atoms in total.